The normalized spacial score (nSPS) is 60.0. The van der Waals surface area contributed by atoms with Gasteiger partial charge in [0.1, 0.15) is 137 Å². The van der Waals surface area contributed by atoms with E-state index in [2.05, 4.69) is 0 Å². The molecule has 24 fully saturated rings. The van der Waals surface area contributed by atoms with Gasteiger partial charge in [0.05, 0.1) is 0 Å². The van der Waals surface area contributed by atoms with Crippen LogP contribution in [0.25, 0.3) is 0 Å². The Bertz CT molecular complexity index is 4000. The number of carbonyl (C=O) groups is 12. The van der Waals surface area contributed by atoms with Gasteiger partial charge in [-0.2, -0.15) is 0 Å². The zero-order valence-electron chi connectivity index (χ0n) is 75.4. The smallest absolute Gasteiger partial charge is 0.213 e. The molecular weight excluding hydrogens is 1580 g/mol. The number of rotatable bonds is 12. The van der Waals surface area contributed by atoms with Crippen molar-refractivity contribution in [3.8, 4) is 0 Å². The lowest BCUT2D eigenvalue weighted by Crippen LogP contribution is -2.74. The molecule has 0 aromatic heterocycles. The second-order valence-corrected chi connectivity index (χ2v) is 40.4. The molecular formula is C84H120O36. The lowest BCUT2D eigenvalue weighted by Gasteiger charge is -2.54. The van der Waals surface area contributed by atoms with E-state index < -0.39 is 206 Å². The van der Waals surface area contributed by atoms with E-state index in [0.717, 1.165) is 0 Å². The van der Waals surface area contributed by atoms with Gasteiger partial charge in [-0.1, -0.05) is 0 Å². The summed E-state index contributed by atoms with van der Waals surface area (Å²) in [6.07, 6.45) is 0. The summed E-state index contributed by atoms with van der Waals surface area (Å²) in [5, 5.41) is 66.3. The van der Waals surface area contributed by atoms with E-state index in [0.29, 0.717) is 0 Å². The van der Waals surface area contributed by atoms with Crippen LogP contribution >= 0.6 is 0 Å². The van der Waals surface area contributed by atoms with E-state index in [9.17, 15) is 88.2 Å². The van der Waals surface area contributed by atoms with Crippen molar-refractivity contribution in [2.24, 2.45) is 35.5 Å². The number of hydrogen-bond acceptors (Lipinski definition) is 36. The first-order chi connectivity index (χ1) is 53.3. The number of Topliss-reactive ketones (excluding diaryl/α,β-unsaturated/α-hetero) is 12. The average Bonchev–Trinajstić information content (AvgIpc) is 1.50. The maximum absolute atomic E-state index is 12.3. The molecule has 24 bridgehead atoms. The predicted octanol–water partition coefficient (Wildman–Crippen LogP) is 3.31. The van der Waals surface area contributed by atoms with E-state index in [1.807, 2.05) is 0 Å². The Morgan fingerprint density at radius 3 is 0.325 bits per heavy atom. The monoisotopic (exact) mass is 1700 g/mol. The molecule has 36 atom stereocenters. The predicted molar refractivity (Wildman–Crippen MR) is 400 cm³/mol. The van der Waals surface area contributed by atoms with Crippen LogP contribution in [0.15, 0.2) is 0 Å². The molecule has 24 heterocycles. The van der Waals surface area contributed by atoms with Crippen LogP contribution < -0.4 is 0 Å². The first-order valence-electron chi connectivity index (χ1n) is 40.3. The molecule has 0 saturated carbocycles. The van der Waals surface area contributed by atoms with Gasteiger partial charge in [-0.15, -0.1) is 0 Å². The summed E-state index contributed by atoms with van der Waals surface area (Å²) in [5.41, 5.74) is -27.3. The van der Waals surface area contributed by atoms with Crippen molar-refractivity contribution >= 4 is 69.4 Å². The first-order valence-corrected chi connectivity index (χ1v) is 40.3. The third-order valence-electron chi connectivity index (χ3n) is 32.6. The van der Waals surface area contributed by atoms with Crippen molar-refractivity contribution in [3.05, 3.63) is 0 Å². The summed E-state index contributed by atoms with van der Waals surface area (Å²) < 4.78 is 106. The minimum Gasteiger partial charge on any atom is -0.383 e. The van der Waals surface area contributed by atoms with Crippen molar-refractivity contribution in [1.82, 2.24) is 0 Å². The van der Waals surface area contributed by atoms with E-state index in [4.69, 9.17) is 85.3 Å². The van der Waals surface area contributed by atoms with Crippen LogP contribution in [0.4, 0.5) is 0 Å². The zero-order chi connectivity index (χ0) is 92.1. The van der Waals surface area contributed by atoms with Gasteiger partial charge in [-0.3, -0.25) is 57.5 Å². The lowest BCUT2D eigenvalue weighted by molar-refractivity contribution is -0.380. The number of carbonyl (C=O) groups excluding carboxylic acids is 12. The molecule has 0 aromatic carbocycles. The van der Waals surface area contributed by atoms with Gasteiger partial charge in [0.15, 0.2) is 69.4 Å². The van der Waals surface area contributed by atoms with Gasteiger partial charge in [0.25, 0.3) is 0 Å². The maximum Gasteiger partial charge on any atom is 0.213 e. The molecule has 24 aliphatic heterocycles. The maximum atomic E-state index is 12.3. The van der Waals surface area contributed by atoms with E-state index >= 15 is 0 Å². The Labute approximate surface area is 695 Å². The molecule has 0 radical (unpaired) electrons. The first kappa shape index (κ1) is 92.7. The Hall–Kier alpha value is -4.92. The molecule has 672 valence electrons. The van der Waals surface area contributed by atoms with E-state index in [1.165, 1.54) is 125 Å². The lowest BCUT2D eigenvalue weighted by atomic mass is 9.62. The standard InChI is InChI=1S/6C14H20O6/c6*1-7(15)9-10(3)12(5,17)14(8(2)16)13(6,18-10)19-11(9,4)20-14/h6*9,17H,1-6H3/t6*9-,10-,11-,12-,13+,14+/m100000/s1. The Kier molecular flexibility index (Phi) is 18.5. The average molecular weight is 1710 g/mol. The summed E-state index contributed by atoms with van der Waals surface area (Å²) in [7, 11) is 0. The highest BCUT2D eigenvalue weighted by Crippen LogP contribution is 2.78. The molecule has 0 aromatic rings. The number of aliphatic hydroxyl groups is 6. The second kappa shape index (κ2) is 23.9. The summed E-state index contributed by atoms with van der Waals surface area (Å²) >= 11 is 0. The van der Waals surface area contributed by atoms with Gasteiger partial charge in [0, 0.05) is 0 Å². The highest BCUT2D eigenvalue weighted by atomic mass is 16.9. The van der Waals surface area contributed by atoms with Crippen LogP contribution in [0.2, 0.25) is 0 Å². The topological polar surface area (TPSA) is 492 Å². The Balaban J connectivity index is 0.000000124. The molecule has 24 aliphatic rings. The van der Waals surface area contributed by atoms with E-state index in [1.54, 1.807) is 125 Å². The molecule has 0 unspecified atom stereocenters. The van der Waals surface area contributed by atoms with Crippen molar-refractivity contribution in [2.45, 2.75) is 420 Å². The quantitative estimate of drug-likeness (QED) is 0.163. The largest absolute Gasteiger partial charge is 0.383 e. The highest BCUT2D eigenvalue weighted by molar-refractivity contribution is 5.97. The molecule has 0 spiro atoms. The van der Waals surface area contributed by atoms with Crippen LogP contribution in [-0.4, -0.2) is 270 Å². The molecule has 0 amide bonds. The SMILES string of the molecule is CC(=O)[C@@H]1[C@@]2(C)O[C@@]3(C)O[C@]1(C)[C@](C)(O)[C@@]3(C(C)=O)O2.CC(=O)[C@@H]1[C@@]2(C)O[C@@]3(C)O[C@]1(C)[C@](C)(O)[C@@]3(C(C)=O)O2.CC(=O)[C@@H]1[C@@]2(C)O[C@@]3(C)O[C@]1(C)[C@](C)(O)[C@@]3(C(C)=O)O2.CC(=O)[C@@H]1[C@@]2(C)O[C@@]3(C)O[C@]1(C)[C@](C)(O)[C@@]3(C(C)=O)O2.CC(=O)[C@@H]1[C@@]2(C)O[C@@]3(C)O[C@]1(C)[C@](C)(O)[C@@]3(C(C)=O)O2.CC(=O)[C@H]1[C@]2(C)O[C@]3(C)O[C@@]1(C)[C@@](C)(O)[C@]3(C(C)=O)O2. The molecule has 24 rings (SSSR count). The number of ketones is 12. The highest BCUT2D eigenvalue weighted by Gasteiger charge is 2.99. The van der Waals surface area contributed by atoms with Crippen molar-refractivity contribution < 1.29 is 173 Å². The van der Waals surface area contributed by atoms with Crippen LogP contribution in [0.1, 0.15) is 249 Å². The Morgan fingerprint density at radius 1 is 0.167 bits per heavy atom. The molecule has 24 saturated heterocycles. The molecule has 36 nitrogen and oxygen atoms in total. The molecule has 36 heteroatoms. The summed E-state index contributed by atoms with van der Waals surface area (Å²) in [6, 6.07) is 0. The van der Waals surface area contributed by atoms with Gasteiger partial charge >= 0.3 is 0 Å². The second-order valence-electron chi connectivity index (χ2n) is 40.4. The third kappa shape index (κ3) is 9.01. The summed E-state index contributed by atoms with van der Waals surface area (Å²) in [6.45, 7) is 54.4. The van der Waals surface area contributed by atoms with Crippen molar-refractivity contribution in [3.63, 3.8) is 0 Å². The summed E-state index contributed by atoms with van der Waals surface area (Å²) in [4.78, 5) is 146. The third-order valence-corrected chi connectivity index (χ3v) is 32.6. The fraction of sp³-hybridized carbons (Fsp3) is 0.857. The minimum atomic E-state index is -1.67. The zero-order valence-corrected chi connectivity index (χ0v) is 75.4. The number of ether oxygens (including phenoxy) is 18. The number of hydrogen-bond donors (Lipinski definition) is 6. The van der Waals surface area contributed by atoms with Crippen LogP contribution in [-0.2, 0) is 143 Å². The Morgan fingerprint density at radius 2 is 0.258 bits per heavy atom. The minimum absolute atomic E-state index is 0.212. The molecule has 120 heavy (non-hydrogen) atoms. The molecule has 0 aliphatic carbocycles. The fourth-order valence-corrected chi connectivity index (χ4v) is 28.9. The van der Waals surface area contributed by atoms with Crippen LogP contribution in [0.5, 0.6) is 0 Å². The van der Waals surface area contributed by atoms with Gasteiger partial charge in [-0.25, -0.2) is 0 Å². The van der Waals surface area contributed by atoms with E-state index in [-0.39, 0.29) is 69.4 Å². The summed E-state index contributed by atoms with van der Waals surface area (Å²) in [5.74, 6) is -24.5. The van der Waals surface area contributed by atoms with Crippen LogP contribution in [0, 0.1) is 35.5 Å². The fourth-order valence-electron chi connectivity index (χ4n) is 28.9. The van der Waals surface area contributed by atoms with Gasteiger partial charge in [-0.05, 0) is 249 Å². The van der Waals surface area contributed by atoms with Crippen molar-refractivity contribution in [1.29, 1.82) is 0 Å². The van der Waals surface area contributed by atoms with Gasteiger partial charge < -0.3 is 116 Å². The van der Waals surface area contributed by atoms with Crippen LogP contribution in [0.3, 0.4) is 0 Å². The molecule has 6 N–H and O–H groups in total. The van der Waals surface area contributed by atoms with Gasteiger partial charge in [0.2, 0.25) is 68.3 Å². The van der Waals surface area contributed by atoms with Crippen molar-refractivity contribution in [2.75, 3.05) is 0 Å².